The van der Waals surface area contributed by atoms with Gasteiger partial charge in [-0.25, -0.2) is 4.98 Å². The van der Waals surface area contributed by atoms with E-state index in [4.69, 9.17) is 20.7 Å². The van der Waals surface area contributed by atoms with E-state index in [0.29, 0.717) is 12.1 Å². The first kappa shape index (κ1) is 18.6. The summed E-state index contributed by atoms with van der Waals surface area (Å²) >= 11 is 0. The van der Waals surface area contributed by atoms with Crippen LogP contribution in [0.15, 0.2) is 11.1 Å². The minimum Gasteiger partial charge on any atom is -0.481 e. The maximum atomic E-state index is 11.4. The largest absolute Gasteiger partial charge is 0.481 e. The fraction of sp³-hybridized carbons (Fsp3) is 0.538. The summed E-state index contributed by atoms with van der Waals surface area (Å²) in [6.07, 6.45) is 3.52. The Labute approximate surface area is 131 Å². The lowest BCUT2D eigenvalue weighted by molar-refractivity contribution is -0.137. The highest BCUT2D eigenvalue weighted by molar-refractivity contribution is 5.70. The molecule has 0 aliphatic rings. The number of aliphatic hydroxyl groups excluding tert-OH is 1. The maximum Gasteiger partial charge on any atom is 0.303 e. The van der Waals surface area contributed by atoms with Gasteiger partial charge >= 0.3 is 5.97 Å². The minimum atomic E-state index is -0.693. The van der Waals surface area contributed by atoms with Gasteiger partial charge in [-0.05, 0) is 6.42 Å². The molecule has 2 aromatic heterocycles. The zero-order valence-electron chi connectivity index (χ0n) is 12.9. The summed E-state index contributed by atoms with van der Waals surface area (Å²) in [4.78, 5) is 31.4. The summed E-state index contributed by atoms with van der Waals surface area (Å²) < 4.78 is 6.63. The number of imidazole rings is 1. The van der Waals surface area contributed by atoms with E-state index in [0.717, 1.165) is 12.8 Å². The molecule has 0 aliphatic carbocycles. The van der Waals surface area contributed by atoms with Gasteiger partial charge in [0, 0.05) is 6.42 Å². The van der Waals surface area contributed by atoms with Gasteiger partial charge in [0.25, 0.3) is 5.56 Å². The first-order valence-electron chi connectivity index (χ1n) is 7.10. The van der Waals surface area contributed by atoms with Gasteiger partial charge in [0.2, 0.25) is 5.95 Å². The van der Waals surface area contributed by atoms with Crippen LogP contribution >= 0.6 is 0 Å². The summed E-state index contributed by atoms with van der Waals surface area (Å²) in [7, 11) is 0. The molecule has 0 saturated carbocycles. The van der Waals surface area contributed by atoms with Gasteiger partial charge in [0.05, 0.1) is 19.5 Å². The second kappa shape index (κ2) is 9.54. The van der Waals surface area contributed by atoms with Crippen molar-refractivity contribution in [2.75, 3.05) is 18.9 Å². The maximum absolute atomic E-state index is 11.4. The van der Waals surface area contributed by atoms with Crippen molar-refractivity contribution in [1.82, 2.24) is 19.5 Å². The Morgan fingerprint density at radius 2 is 2.26 bits per heavy atom. The number of nitrogens with zero attached hydrogens (tertiary/aromatic N) is 3. The van der Waals surface area contributed by atoms with Crippen LogP contribution in [-0.4, -0.2) is 48.9 Å². The van der Waals surface area contributed by atoms with Crippen LogP contribution in [0.5, 0.6) is 0 Å². The molecule has 2 rings (SSSR count). The number of carboxylic acid groups (broad SMARTS) is 1. The number of rotatable bonds is 7. The Kier molecular flexibility index (Phi) is 7.71. The van der Waals surface area contributed by atoms with Crippen molar-refractivity contribution in [3.05, 3.63) is 16.7 Å². The minimum absolute atomic E-state index is 0.0291. The topological polar surface area (TPSA) is 156 Å². The third kappa shape index (κ3) is 6.04. The van der Waals surface area contributed by atoms with Crippen molar-refractivity contribution < 1.29 is 19.7 Å². The number of hydrogen-bond acceptors (Lipinski definition) is 7. The molecule has 0 atom stereocenters. The summed E-state index contributed by atoms with van der Waals surface area (Å²) in [6.45, 7) is 2.27. The zero-order chi connectivity index (χ0) is 17.2. The highest BCUT2D eigenvalue weighted by Crippen LogP contribution is 2.05. The number of aliphatic hydroxyl groups is 1. The lowest BCUT2D eigenvalue weighted by Gasteiger charge is -2.03. The fourth-order valence-electron chi connectivity index (χ4n) is 1.62. The average Bonchev–Trinajstić information content (AvgIpc) is 2.89. The first-order chi connectivity index (χ1) is 11.0. The highest BCUT2D eigenvalue weighted by atomic mass is 16.5. The van der Waals surface area contributed by atoms with Crippen molar-refractivity contribution in [3.63, 3.8) is 0 Å². The normalized spacial score (nSPS) is 10.3. The standard InChI is InChI=1S/C8H11N5O3.C5H10O2/c9-8-11-6-5(7(15)12-8)10-3-13(6)4-16-2-1-14;1-2-3-4-5(6)7/h3,14H,1-2,4H2,(H3,9,11,12,15);2-4H2,1H3,(H,6,7). The Balaban J connectivity index is 0.000000322. The van der Waals surface area contributed by atoms with Crippen LogP contribution in [0.3, 0.4) is 0 Å². The number of aliphatic carboxylic acids is 1. The van der Waals surface area contributed by atoms with E-state index < -0.39 is 5.97 Å². The number of carboxylic acids is 1. The number of nitrogens with two attached hydrogens (primary N) is 1. The molecule has 128 valence electrons. The molecule has 0 bridgehead atoms. The Morgan fingerprint density at radius 1 is 1.52 bits per heavy atom. The zero-order valence-corrected chi connectivity index (χ0v) is 12.9. The smallest absolute Gasteiger partial charge is 0.303 e. The van der Waals surface area contributed by atoms with E-state index in [-0.39, 0.29) is 37.0 Å². The van der Waals surface area contributed by atoms with Gasteiger partial charge in [0.15, 0.2) is 11.2 Å². The molecule has 0 aromatic carbocycles. The molecule has 5 N–H and O–H groups in total. The summed E-state index contributed by atoms with van der Waals surface area (Å²) in [5.74, 6) is -0.664. The molecule has 0 aliphatic heterocycles. The van der Waals surface area contributed by atoms with Crippen LogP contribution in [-0.2, 0) is 16.3 Å². The van der Waals surface area contributed by atoms with Crippen LogP contribution in [0.1, 0.15) is 26.2 Å². The van der Waals surface area contributed by atoms with E-state index >= 15 is 0 Å². The van der Waals surface area contributed by atoms with Crippen molar-refractivity contribution in [2.45, 2.75) is 32.9 Å². The van der Waals surface area contributed by atoms with Gasteiger partial charge in [-0.2, -0.15) is 4.98 Å². The van der Waals surface area contributed by atoms with Gasteiger partial charge < -0.3 is 20.7 Å². The van der Waals surface area contributed by atoms with Crippen LogP contribution in [0.2, 0.25) is 0 Å². The Morgan fingerprint density at radius 3 is 2.83 bits per heavy atom. The van der Waals surface area contributed by atoms with Crippen LogP contribution in [0, 0.1) is 0 Å². The lowest BCUT2D eigenvalue weighted by atomic mass is 10.3. The number of aromatic nitrogens is 4. The summed E-state index contributed by atoms with van der Waals surface area (Å²) in [6, 6.07) is 0. The van der Waals surface area contributed by atoms with Crippen molar-refractivity contribution in [3.8, 4) is 0 Å². The van der Waals surface area contributed by atoms with Crippen molar-refractivity contribution in [1.29, 1.82) is 0 Å². The quantitative estimate of drug-likeness (QED) is 0.515. The number of nitrogen functional groups attached to an aromatic ring is 1. The number of fused-ring (bicyclic) bond motifs is 1. The second-order valence-electron chi connectivity index (χ2n) is 4.60. The van der Waals surface area contributed by atoms with Gasteiger partial charge in [-0.1, -0.05) is 13.3 Å². The molecule has 0 spiro atoms. The van der Waals surface area contributed by atoms with Crippen molar-refractivity contribution in [2.24, 2.45) is 0 Å². The van der Waals surface area contributed by atoms with Crippen LogP contribution in [0.25, 0.3) is 11.2 Å². The second-order valence-corrected chi connectivity index (χ2v) is 4.60. The molecular weight excluding hydrogens is 306 g/mol. The number of ether oxygens (including phenoxy) is 1. The predicted octanol–water partition coefficient (Wildman–Crippen LogP) is -0.0706. The van der Waals surface area contributed by atoms with Crippen LogP contribution in [0.4, 0.5) is 5.95 Å². The summed E-state index contributed by atoms with van der Waals surface area (Å²) in [5.41, 5.74) is 5.60. The number of nitrogens with one attached hydrogen (secondary N) is 1. The van der Waals surface area contributed by atoms with Gasteiger partial charge in [-0.3, -0.25) is 19.1 Å². The molecular formula is C13H21N5O5. The molecule has 0 fully saturated rings. The third-order valence-corrected chi connectivity index (χ3v) is 2.70. The van der Waals surface area contributed by atoms with E-state index in [1.54, 1.807) is 0 Å². The van der Waals surface area contributed by atoms with E-state index in [9.17, 15) is 9.59 Å². The highest BCUT2D eigenvalue weighted by Gasteiger charge is 2.08. The Hall–Kier alpha value is -2.46. The monoisotopic (exact) mass is 327 g/mol. The molecule has 23 heavy (non-hydrogen) atoms. The summed E-state index contributed by atoms with van der Waals surface area (Å²) in [5, 5.41) is 16.6. The third-order valence-electron chi connectivity index (χ3n) is 2.70. The molecule has 0 unspecified atom stereocenters. The number of carbonyl (C=O) groups is 1. The molecule has 0 saturated heterocycles. The number of unbranched alkanes of at least 4 members (excludes halogenated alkanes) is 1. The number of hydrogen-bond donors (Lipinski definition) is 4. The molecule has 0 amide bonds. The van der Waals surface area contributed by atoms with Crippen LogP contribution < -0.4 is 11.3 Å². The average molecular weight is 327 g/mol. The molecule has 2 heterocycles. The lowest BCUT2D eigenvalue weighted by Crippen LogP contribution is -2.13. The number of anilines is 1. The van der Waals surface area contributed by atoms with Gasteiger partial charge in [0.1, 0.15) is 6.73 Å². The molecule has 0 radical (unpaired) electrons. The van der Waals surface area contributed by atoms with E-state index in [2.05, 4.69) is 15.0 Å². The predicted molar refractivity (Wildman–Crippen MR) is 82.8 cm³/mol. The SMILES string of the molecule is CCCCC(=O)O.Nc1nc2c(ncn2COCCO)c(=O)[nH]1. The molecule has 10 nitrogen and oxygen atoms in total. The first-order valence-corrected chi connectivity index (χ1v) is 7.10. The van der Waals surface area contributed by atoms with Gasteiger partial charge in [-0.15, -0.1) is 0 Å². The fourth-order valence-corrected chi connectivity index (χ4v) is 1.62. The van der Waals surface area contributed by atoms with Crippen molar-refractivity contribution >= 4 is 23.1 Å². The molecule has 2 aromatic rings. The number of aromatic amines is 1. The van der Waals surface area contributed by atoms with E-state index in [1.807, 2.05) is 6.92 Å². The molecule has 10 heteroatoms. The Bertz CT molecular complexity index is 681. The van der Waals surface area contributed by atoms with E-state index in [1.165, 1.54) is 10.9 Å². The number of H-pyrrole nitrogens is 1.